The third-order valence-corrected chi connectivity index (χ3v) is 4.71. The number of aliphatic carboxylic acids is 1. The molecule has 1 aliphatic carbocycles. The van der Waals surface area contributed by atoms with Crippen molar-refractivity contribution >= 4 is 22.8 Å². The lowest BCUT2D eigenvalue weighted by atomic mass is 9.79. The minimum absolute atomic E-state index is 0.0340. The van der Waals surface area contributed by atoms with Crippen molar-refractivity contribution in [2.24, 2.45) is 0 Å². The van der Waals surface area contributed by atoms with Crippen molar-refractivity contribution in [1.82, 2.24) is 10.6 Å². The van der Waals surface area contributed by atoms with E-state index in [4.69, 9.17) is 5.11 Å². The Balaban J connectivity index is 2.51. The van der Waals surface area contributed by atoms with Crippen LogP contribution in [0.2, 0.25) is 0 Å². The smallest absolute Gasteiger partial charge is 0.315 e. The van der Waals surface area contributed by atoms with Crippen LogP contribution in [0, 0.1) is 0 Å². The van der Waals surface area contributed by atoms with Crippen LogP contribution in [0.15, 0.2) is 0 Å². The lowest BCUT2D eigenvalue weighted by Crippen LogP contribution is -2.55. The number of rotatable bonds is 7. The molecule has 7 heteroatoms. The fraction of sp³-hybridized carbons (Fsp3) is 0.857. The number of nitrogens with one attached hydrogen (secondary N) is 2. The van der Waals surface area contributed by atoms with E-state index in [2.05, 4.69) is 10.6 Å². The van der Waals surface area contributed by atoms with Gasteiger partial charge in [0.15, 0.2) is 0 Å². The highest BCUT2D eigenvalue weighted by Gasteiger charge is 2.35. The number of carboxylic acid groups (broad SMARTS) is 1. The molecule has 1 fully saturated rings. The van der Waals surface area contributed by atoms with Gasteiger partial charge in [-0.1, -0.05) is 19.3 Å². The molecule has 0 aromatic rings. The minimum atomic E-state index is -0.883. The van der Waals surface area contributed by atoms with Gasteiger partial charge >= 0.3 is 12.0 Å². The van der Waals surface area contributed by atoms with Crippen molar-refractivity contribution in [3.8, 4) is 0 Å². The first kappa shape index (κ1) is 17.9. The Morgan fingerprint density at radius 2 is 1.90 bits per heavy atom. The maximum Gasteiger partial charge on any atom is 0.315 e. The fourth-order valence-corrected chi connectivity index (χ4v) is 3.47. The number of carboxylic acids is 1. The normalized spacial score (nSPS) is 20.3. The molecule has 3 N–H and O–H groups in total. The summed E-state index contributed by atoms with van der Waals surface area (Å²) in [5.74, 6) is -0.339. The van der Waals surface area contributed by atoms with Gasteiger partial charge in [-0.15, -0.1) is 0 Å². The average molecular weight is 318 g/mol. The molecule has 0 saturated heterocycles. The Labute approximate surface area is 128 Å². The van der Waals surface area contributed by atoms with Crippen molar-refractivity contribution in [2.75, 3.05) is 12.0 Å². The van der Waals surface area contributed by atoms with Crippen LogP contribution in [0.1, 0.15) is 51.9 Å². The second-order valence-corrected chi connectivity index (χ2v) is 7.53. The molecule has 0 radical (unpaired) electrons. The van der Waals surface area contributed by atoms with Crippen molar-refractivity contribution in [3.63, 3.8) is 0 Å². The van der Waals surface area contributed by atoms with E-state index in [-0.39, 0.29) is 18.5 Å². The van der Waals surface area contributed by atoms with Crippen LogP contribution in [0.3, 0.4) is 0 Å². The van der Waals surface area contributed by atoms with Crippen LogP contribution < -0.4 is 10.6 Å². The summed E-state index contributed by atoms with van der Waals surface area (Å²) in [6, 6.07) is -0.410. The molecule has 0 bridgehead atoms. The third kappa shape index (κ3) is 6.93. The largest absolute Gasteiger partial charge is 0.481 e. The highest BCUT2D eigenvalue weighted by atomic mass is 32.2. The molecule has 2 atom stereocenters. The summed E-state index contributed by atoms with van der Waals surface area (Å²) in [5, 5.41) is 14.7. The number of urea groups is 1. The number of hydrogen-bond acceptors (Lipinski definition) is 3. The summed E-state index contributed by atoms with van der Waals surface area (Å²) >= 11 is 0. The maximum atomic E-state index is 12.1. The topological polar surface area (TPSA) is 95.5 Å². The molecule has 21 heavy (non-hydrogen) atoms. The zero-order valence-electron chi connectivity index (χ0n) is 12.8. The van der Waals surface area contributed by atoms with Crippen molar-refractivity contribution in [2.45, 2.75) is 63.5 Å². The molecular weight excluding hydrogens is 292 g/mol. The molecular formula is C14H26N2O4S. The van der Waals surface area contributed by atoms with Gasteiger partial charge in [0.1, 0.15) is 0 Å². The predicted molar refractivity (Wildman–Crippen MR) is 82.7 cm³/mol. The number of hydrogen-bond donors (Lipinski definition) is 3. The molecule has 0 aromatic heterocycles. The summed E-state index contributed by atoms with van der Waals surface area (Å²) in [4.78, 5) is 23.1. The Kier molecular flexibility index (Phi) is 7.14. The second kappa shape index (κ2) is 8.36. The molecule has 0 aromatic carbocycles. The molecule has 0 spiro atoms. The molecule has 2 unspecified atom stereocenters. The van der Waals surface area contributed by atoms with Gasteiger partial charge in [0.05, 0.1) is 12.0 Å². The van der Waals surface area contributed by atoms with Crippen molar-refractivity contribution in [3.05, 3.63) is 0 Å². The first-order valence-corrected chi connectivity index (χ1v) is 9.16. The first-order chi connectivity index (χ1) is 9.83. The van der Waals surface area contributed by atoms with Crippen LogP contribution in [0.4, 0.5) is 4.79 Å². The van der Waals surface area contributed by atoms with Gasteiger partial charge in [0, 0.05) is 28.9 Å². The Bertz CT molecular complexity index is 394. The third-order valence-electron chi connectivity index (χ3n) is 3.89. The molecule has 122 valence electrons. The van der Waals surface area contributed by atoms with E-state index in [1.807, 2.05) is 6.92 Å². The Morgan fingerprint density at radius 3 is 2.43 bits per heavy atom. The number of amides is 2. The summed E-state index contributed by atoms with van der Waals surface area (Å²) in [7, 11) is -0.873. The van der Waals surface area contributed by atoms with E-state index in [0.717, 1.165) is 19.3 Å². The second-order valence-electron chi connectivity index (χ2n) is 5.98. The average Bonchev–Trinajstić information content (AvgIpc) is 2.35. The van der Waals surface area contributed by atoms with Gasteiger partial charge < -0.3 is 15.7 Å². The summed E-state index contributed by atoms with van der Waals surface area (Å²) in [6.07, 6.45) is 6.63. The van der Waals surface area contributed by atoms with Gasteiger partial charge in [-0.05, 0) is 26.2 Å². The fourth-order valence-electron chi connectivity index (χ4n) is 2.78. The van der Waals surface area contributed by atoms with Crippen LogP contribution in [-0.2, 0) is 15.6 Å². The van der Waals surface area contributed by atoms with E-state index < -0.39 is 22.3 Å². The lowest BCUT2D eigenvalue weighted by molar-refractivity contribution is -0.139. The number of carbonyl (C=O) groups is 2. The molecule has 1 rings (SSSR count). The molecule has 2 amide bonds. The van der Waals surface area contributed by atoms with Crippen molar-refractivity contribution in [1.29, 1.82) is 0 Å². The predicted octanol–water partition coefficient (Wildman–Crippen LogP) is 1.62. The quantitative estimate of drug-likeness (QED) is 0.664. The maximum absolute atomic E-state index is 12.1. The highest BCUT2D eigenvalue weighted by molar-refractivity contribution is 7.84. The minimum Gasteiger partial charge on any atom is -0.481 e. The Morgan fingerprint density at radius 1 is 1.29 bits per heavy atom. The zero-order valence-corrected chi connectivity index (χ0v) is 13.6. The molecule has 1 saturated carbocycles. The van der Waals surface area contributed by atoms with Crippen LogP contribution in [-0.4, -0.2) is 44.9 Å². The van der Waals surface area contributed by atoms with Gasteiger partial charge in [-0.2, -0.15) is 0 Å². The molecule has 6 nitrogen and oxygen atoms in total. The van der Waals surface area contributed by atoms with Gasteiger partial charge in [0.25, 0.3) is 0 Å². The molecule has 0 aliphatic heterocycles. The van der Waals surface area contributed by atoms with Crippen molar-refractivity contribution < 1.29 is 18.9 Å². The summed E-state index contributed by atoms with van der Waals surface area (Å²) < 4.78 is 11.0. The van der Waals surface area contributed by atoms with Gasteiger partial charge in [-0.3, -0.25) is 9.00 Å². The monoisotopic (exact) mass is 318 g/mol. The van der Waals surface area contributed by atoms with E-state index in [1.54, 1.807) is 6.26 Å². The first-order valence-electron chi connectivity index (χ1n) is 7.43. The lowest BCUT2D eigenvalue weighted by Gasteiger charge is -2.37. The van der Waals surface area contributed by atoms with Crippen LogP contribution in [0.25, 0.3) is 0 Å². The summed E-state index contributed by atoms with van der Waals surface area (Å²) in [5.41, 5.74) is -0.624. The van der Waals surface area contributed by atoms with E-state index in [9.17, 15) is 13.8 Å². The molecule has 1 aliphatic rings. The van der Waals surface area contributed by atoms with E-state index in [1.165, 1.54) is 0 Å². The van der Waals surface area contributed by atoms with E-state index >= 15 is 0 Å². The molecule has 0 heterocycles. The summed E-state index contributed by atoms with van der Waals surface area (Å²) in [6.45, 7) is 1.86. The van der Waals surface area contributed by atoms with Crippen LogP contribution >= 0.6 is 0 Å². The standard InChI is InChI=1S/C14H26N2O4S/c1-11(6-9-21(2)20)15-13(19)16-14(10-12(17)18)7-4-3-5-8-14/h11H,3-10H2,1-2H3,(H,17,18)(H2,15,16,19). The van der Waals surface area contributed by atoms with Gasteiger partial charge in [-0.25, -0.2) is 4.79 Å². The van der Waals surface area contributed by atoms with Crippen LogP contribution in [0.5, 0.6) is 0 Å². The zero-order chi connectivity index (χ0) is 15.9. The number of carbonyl (C=O) groups excluding carboxylic acids is 1. The highest BCUT2D eigenvalue weighted by Crippen LogP contribution is 2.31. The van der Waals surface area contributed by atoms with Gasteiger partial charge in [0.2, 0.25) is 0 Å². The SMILES string of the molecule is CC(CCS(C)=O)NC(=O)NC1(CC(=O)O)CCCCC1. The van der Waals surface area contributed by atoms with E-state index in [0.29, 0.717) is 25.0 Å². The Hall–Kier alpha value is -1.11.